The van der Waals surface area contributed by atoms with Gasteiger partial charge < -0.3 is 15.3 Å². The van der Waals surface area contributed by atoms with Crippen molar-refractivity contribution in [3.8, 4) is 11.1 Å². The fourth-order valence-corrected chi connectivity index (χ4v) is 2.96. The zero-order chi connectivity index (χ0) is 21.0. The van der Waals surface area contributed by atoms with Crippen LogP contribution in [0.5, 0.6) is 0 Å². The van der Waals surface area contributed by atoms with Crippen LogP contribution in [-0.2, 0) is 0 Å². The molecule has 2 aromatic heterocycles. The minimum atomic E-state index is -0.375. The molecule has 4 N–H and O–H groups in total. The van der Waals surface area contributed by atoms with Crippen molar-refractivity contribution in [1.82, 2.24) is 20.3 Å². The van der Waals surface area contributed by atoms with E-state index in [-0.39, 0.29) is 17.5 Å². The number of anilines is 1. The summed E-state index contributed by atoms with van der Waals surface area (Å²) in [6, 6.07) is 6.66. The average molecular weight is 391 g/mol. The van der Waals surface area contributed by atoms with E-state index in [1.165, 1.54) is 12.3 Å². The zero-order valence-electron chi connectivity index (χ0n) is 16.2. The van der Waals surface area contributed by atoms with Crippen molar-refractivity contribution < 1.29 is 4.79 Å². The number of nitrogens with zero attached hydrogens (tertiary/aromatic N) is 3. The summed E-state index contributed by atoms with van der Waals surface area (Å²) in [6.45, 7) is 11.3. The fraction of sp³-hybridized carbons (Fsp3) is 0.150. The maximum Gasteiger partial charge on any atom is 0.321 e. The van der Waals surface area contributed by atoms with Crippen LogP contribution < -0.4 is 16.2 Å². The molecule has 0 atom stereocenters. The van der Waals surface area contributed by atoms with Crippen LogP contribution in [0.25, 0.3) is 22.2 Å². The number of aliphatic imine (C=N–C) groups is 2. The van der Waals surface area contributed by atoms with E-state index in [0.29, 0.717) is 29.0 Å². The van der Waals surface area contributed by atoms with Gasteiger partial charge in [-0.1, -0.05) is 6.58 Å². The Hall–Kier alpha value is -4.01. The van der Waals surface area contributed by atoms with Crippen molar-refractivity contribution in [3.63, 3.8) is 0 Å². The summed E-state index contributed by atoms with van der Waals surface area (Å²) in [4.78, 5) is 42.2. The molecule has 2 heterocycles. The summed E-state index contributed by atoms with van der Waals surface area (Å²) >= 11 is 0. The Labute approximate surface area is 166 Å². The van der Waals surface area contributed by atoms with Gasteiger partial charge in [0.15, 0.2) is 5.84 Å². The normalized spacial score (nSPS) is 11.3. The van der Waals surface area contributed by atoms with Gasteiger partial charge >= 0.3 is 6.03 Å². The number of amides is 2. The summed E-state index contributed by atoms with van der Waals surface area (Å²) in [5.74, 6) is 0.595. The van der Waals surface area contributed by atoms with Crippen molar-refractivity contribution in [3.05, 3.63) is 58.7 Å². The number of aryl methyl sites for hydroxylation is 1. The molecule has 9 nitrogen and oxygen atoms in total. The second-order valence-corrected chi connectivity index (χ2v) is 6.20. The third kappa shape index (κ3) is 4.29. The van der Waals surface area contributed by atoms with Crippen molar-refractivity contribution in [2.45, 2.75) is 13.8 Å². The Bertz CT molecular complexity index is 1190. The average Bonchev–Trinajstić information content (AvgIpc) is 3.07. The number of nitrogens with one attached hydrogen (secondary N) is 4. The van der Waals surface area contributed by atoms with Crippen LogP contribution in [0.4, 0.5) is 10.7 Å². The van der Waals surface area contributed by atoms with Crippen molar-refractivity contribution in [2.75, 3.05) is 11.9 Å². The number of carbonyl (C=O) groups is 1. The predicted molar refractivity (Wildman–Crippen MR) is 116 cm³/mol. The Balaban J connectivity index is 2.22. The van der Waals surface area contributed by atoms with Crippen LogP contribution in [0.3, 0.4) is 0 Å². The number of imidazole rings is 1. The number of carbonyl (C=O) groups excluding carboxylic acids is 1. The second-order valence-electron chi connectivity index (χ2n) is 6.20. The Morgan fingerprint density at radius 1 is 1.24 bits per heavy atom. The Morgan fingerprint density at radius 3 is 2.66 bits per heavy atom. The number of benzene rings is 1. The van der Waals surface area contributed by atoms with Crippen molar-refractivity contribution >= 4 is 35.6 Å². The number of amidine groups is 1. The number of rotatable bonds is 5. The standard InChI is InChI=1S/C20H21N7O2/c1-5-22-18(21-4)14-8-13(12-7-11(3)24-16(28)10-12)9-15-17(14)26-19(25-15)27-20(29)23-6-2/h5,7-10H,1,4,6H2,2-3H3,(H,24,28)(H3,23,25,26,27,29). The van der Waals surface area contributed by atoms with Gasteiger partial charge in [0.05, 0.1) is 5.52 Å². The van der Waals surface area contributed by atoms with Crippen LogP contribution in [0.1, 0.15) is 18.2 Å². The smallest absolute Gasteiger partial charge is 0.321 e. The number of aromatic nitrogens is 3. The van der Waals surface area contributed by atoms with Crippen LogP contribution in [0.15, 0.2) is 51.8 Å². The van der Waals surface area contributed by atoms with E-state index in [1.54, 1.807) is 0 Å². The molecule has 0 fully saturated rings. The third-order valence-corrected chi connectivity index (χ3v) is 4.07. The maximum atomic E-state index is 11.9. The molecule has 0 radical (unpaired) electrons. The summed E-state index contributed by atoms with van der Waals surface area (Å²) in [5, 5.41) is 5.29. The van der Waals surface area contributed by atoms with Crippen LogP contribution in [0.2, 0.25) is 0 Å². The van der Waals surface area contributed by atoms with Crippen molar-refractivity contribution in [1.29, 1.82) is 0 Å². The number of aromatic amines is 2. The lowest BCUT2D eigenvalue weighted by molar-refractivity contribution is 0.252. The minimum Gasteiger partial charge on any atom is -0.338 e. The molecule has 0 aliphatic carbocycles. The van der Waals surface area contributed by atoms with Gasteiger partial charge in [-0.15, -0.1) is 0 Å². The van der Waals surface area contributed by atoms with Gasteiger partial charge in [0.1, 0.15) is 5.52 Å². The molecule has 2 amide bonds. The Morgan fingerprint density at radius 2 is 2.00 bits per heavy atom. The highest BCUT2D eigenvalue weighted by molar-refractivity contribution is 6.11. The molecular weight excluding hydrogens is 370 g/mol. The first-order valence-electron chi connectivity index (χ1n) is 8.91. The summed E-state index contributed by atoms with van der Waals surface area (Å²) < 4.78 is 0. The number of fused-ring (bicyclic) bond motifs is 1. The topological polar surface area (TPSA) is 127 Å². The van der Waals surface area contributed by atoms with E-state index >= 15 is 0 Å². The molecule has 0 aliphatic heterocycles. The van der Waals surface area contributed by atoms with Gasteiger partial charge in [-0.05, 0) is 49.9 Å². The van der Waals surface area contributed by atoms with Crippen LogP contribution in [-0.4, -0.2) is 40.1 Å². The van der Waals surface area contributed by atoms with Gasteiger partial charge in [-0.2, -0.15) is 0 Å². The van der Waals surface area contributed by atoms with E-state index in [0.717, 1.165) is 16.8 Å². The fourth-order valence-electron chi connectivity index (χ4n) is 2.96. The summed E-state index contributed by atoms with van der Waals surface area (Å²) in [6.07, 6.45) is 1.36. The molecule has 3 rings (SSSR count). The van der Waals surface area contributed by atoms with E-state index in [9.17, 15) is 9.59 Å². The molecule has 148 valence electrons. The minimum absolute atomic E-state index is 0.202. The number of H-pyrrole nitrogens is 2. The van der Waals surface area contributed by atoms with Crippen LogP contribution in [0, 0.1) is 6.92 Å². The molecule has 0 saturated heterocycles. The van der Waals surface area contributed by atoms with Gasteiger partial charge in [0.25, 0.3) is 0 Å². The molecule has 1 aromatic carbocycles. The molecule has 9 heteroatoms. The van der Waals surface area contributed by atoms with Gasteiger partial charge in [0, 0.05) is 30.1 Å². The molecule has 3 aromatic rings. The number of hydrogen-bond acceptors (Lipinski definition) is 4. The molecule has 0 spiro atoms. The first kappa shape index (κ1) is 19.7. The summed E-state index contributed by atoms with van der Waals surface area (Å²) in [5.41, 5.74) is 3.80. The highest BCUT2D eigenvalue weighted by atomic mass is 16.2. The van der Waals surface area contributed by atoms with Gasteiger partial charge in [-0.25, -0.2) is 19.8 Å². The van der Waals surface area contributed by atoms with Crippen LogP contribution >= 0.6 is 0 Å². The lowest BCUT2D eigenvalue weighted by atomic mass is 10.0. The first-order chi connectivity index (χ1) is 13.9. The SMILES string of the molecule is C=CN=C(N=C)c1cc(-c2cc(C)[nH]c(=O)c2)cc2[nH]c(NC(=O)NCC)nc12. The molecule has 0 bridgehead atoms. The molecular formula is C20H21N7O2. The third-order valence-electron chi connectivity index (χ3n) is 4.07. The molecule has 0 aliphatic rings. The predicted octanol–water partition coefficient (Wildman–Crippen LogP) is 2.96. The number of hydrogen-bond donors (Lipinski definition) is 4. The quantitative estimate of drug-likeness (QED) is 0.394. The highest BCUT2D eigenvalue weighted by Gasteiger charge is 2.16. The highest BCUT2D eigenvalue weighted by Crippen LogP contribution is 2.28. The maximum absolute atomic E-state index is 11.9. The Kier molecular flexibility index (Phi) is 5.68. The monoisotopic (exact) mass is 391 g/mol. The molecule has 29 heavy (non-hydrogen) atoms. The number of urea groups is 1. The van der Waals surface area contributed by atoms with E-state index < -0.39 is 0 Å². The van der Waals surface area contributed by atoms with Gasteiger partial charge in [-0.3, -0.25) is 10.1 Å². The van der Waals surface area contributed by atoms with E-state index in [4.69, 9.17) is 0 Å². The molecule has 0 unspecified atom stereocenters. The first-order valence-corrected chi connectivity index (χ1v) is 8.91. The van der Waals surface area contributed by atoms with E-state index in [1.807, 2.05) is 32.0 Å². The largest absolute Gasteiger partial charge is 0.338 e. The van der Waals surface area contributed by atoms with Crippen molar-refractivity contribution in [2.24, 2.45) is 9.98 Å². The van der Waals surface area contributed by atoms with E-state index in [2.05, 4.69) is 48.9 Å². The zero-order valence-corrected chi connectivity index (χ0v) is 16.2. The summed E-state index contributed by atoms with van der Waals surface area (Å²) in [7, 11) is 0. The lowest BCUT2D eigenvalue weighted by Gasteiger charge is -2.07. The molecule has 0 saturated carbocycles. The lowest BCUT2D eigenvalue weighted by Crippen LogP contribution is -2.28. The number of pyridine rings is 1. The van der Waals surface area contributed by atoms with Gasteiger partial charge in [0.2, 0.25) is 11.5 Å². The second kappa shape index (κ2) is 8.34.